The van der Waals surface area contributed by atoms with Gasteiger partial charge in [0.05, 0.1) is 0 Å². The lowest BCUT2D eigenvalue weighted by atomic mass is 9.89. The Labute approximate surface area is 115 Å². The summed E-state index contributed by atoms with van der Waals surface area (Å²) in [5.74, 6) is 0.620. The van der Waals surface area contributed by atoms with Gasteiger partial charge in [-0.1, -0.05) is 19.8 Å². The highest BCUT2D eigenvalue weighted by Crippen LogP contribution is 2.33. The molecule has 1 saturated carbocycles. The maximum absolute atomic E-state index is 12.7. The molecule has 4 nitrogen and oxygen atoms in total. The van der Waals surface area contributed by atoms with E-state index in [1.165, 1.54) is 25.7 Å². The fourth-order valence-electron chi connectivity index (χ4n) is 3.55. The summed E-state index contributed by atoms with van der Waals surface area (Å²) in [6, 6.07) is -0.124. The molecule has 2 atom stereocenters. The topological polar surface area (TPSA) is 49.4 Å². The zero-order chi connectivity index (χ0) is 14.2. The summed E-state index contributed by atoms with van der Waals surface area (Å²) in [7, 11) is 0. The van der Waals surface area contributed by atoms with Gasteiger partial charge in [0, 0.05) is 6.04 Å². The molecule has 1 N–H and O–H groups in total. The van der Waals surface area contributed by atoms with Crippen LogP contribution in [0, 0.1) is 5.92 Å². The average molecular weight is 266 g/mol. The summed E-state index contributed by atoms with van der Waals surface area (Å²) >= 11 is 0. The van der Waals surface area contributed by atoms with Crippen molar-refractivity contribution >= 4 is 11.8 Å². The molecule has 2 amide bonds. The molecular weight excluding hydrogens is 240 g/mol. The molecule has 1 saturated heterocycles. The Bertz CT molecular complexity index is 372. The second kappa shape index (κ2) is 5.14. The SMILES string of the molecule is CCC1C(=O)NC(C)(C)C(=O)N1C(C)C1CCCC1. The highest BCUT2D eigenvalue weighted by molar-refractivity contribution is 5.99. The fraction of sp³-hybridized carbons (Fsp3) is 0.867. The van der Waals surface area contributed by atoms with Gasteiger partial charge in [-0.15, -0.1) is 0 Å². The van der Waals surface area contributed by atoms with Crippen LogP contribution >= 0.6 is 0 Å². The average Bonchev–Trinajstić information content (AvgIpc) is 2.85. The van der Waals surface area contributed by atoms with E-state index >= 15 is 0 Å². The molecule has 108 valence electrons. The highest BCUT2D eigenvalue weighted by atomic mass is 16.2. The van der Waals surface area contributed by atoms with Gasteiger partial charge in [0.25, 0.3) is 0 Å². The number of carbonyl (C=O) groups excluding carboxylic acids is 2. The molecule has 19 heavy (non-hydrogen) atoms. The lowest BCUT2D eigenvalue weighted by Crippen LogP contribution is -2.70. The Kier molecular flexibility index (Phi) is 3.88. The Balaban J connectivity index is 2.26. The second-order valence-corrected chi connectivity index (χ2v) is 6.54. The molecule has 0 aromatic rings. The molecule has 4 heteroatoms. The first-order valence-corrected chi connectivity index (χ1v) is 7.53. The molecule has 1 heterocycles. The molecule has 0 radical (unpaired) electrons. The molecule has 0 bridgehead atoms. The number of hydrogen-bond donors (Lipinski definition) is 1. The lowest BCUT2D eigenvalue weighted by molar-refractivity contribution is -0.157. The largest absolute Gasteiger partial charge is 0.340 e. The zero-order valence-electron chi connectivity index (χ0n) is 12.5. The van der Waals surface area contributed by atoms with Crippen molar-refractivity contribution < 1.29 is 9.59 Å². The van der Waals surface area contributed by atoms with Gasteiger partial charge in [-0.2, -0.15) is 0 Å². The van der Waals surface area contributed by atoms with Crippen LogP contribution in [0.5, 0.6) is 0 Å². The number of carbonyl (C=O) groups is 2. The van der Waals surface area contributed by atoms with Crippen LogP contribution in [0.15, 0.2) is 0 Å². The van der Waals surface area contributed by atoms with Crippen molar-refractivity contribution in [1.82, 2.24) is 10.2 Å². The first-order valence-electron chi connectivity index (χ1n) is 7.53. The van der Waals surface area contributed by atoms with Crippen LogP contribution in [0.4, 0.5) is 0 Å². The predicted molar refractivity (Wildman–Crippen MR) is 74.6 cm³/mol. The Hall–Kier alpha value is -1.06. The first-order chi connectivity index (χ1) is 8.88. The van der Waals surface area contributed by atoms with E-state index in [4.69, 9.17) is 0 Å². The maximum atomic E-state index is 12.7. The Morgan fingerprint density at radius 1 is 1.32 bits per heavy atom. The van der Waals surface area contributed by atoms with Gasteiger partial charge in [0.1, 0.15) is 11.6 Å². The van der Waals surface area contributed by atoms with Crippen molar-refractivity contribution in [3.8, 4) is 0 Å². The van der Waals surface area contributed by atoms with Crippen LogP contribution in [0.3, 0.4) is 0 Å². The van der Waals surface area contributed by atoms with Crippen molar-refractivity contribution in [3.05, 3.63) is 0 Å². The molecule has 2 rings (SSSR count). The number of rotatable bonds is 3. The lowest BCUT2D eigenvalue weighted by Gasteiger charge is -2.47. The minimum absolute atomic E-state index is 0.00283. The number of nitrogens with zero attached hydrogens (tertiary/aromatic N) is 1. The Morgan fingerprint density at radius 2 is 1.89 bits per heavy atom. The summed E-state index contributed by atoms with van der Waals surface area (Å²) in [6.07, 6.45) is 5.56. The molecule has 2 aliphatic rings. The number of piperazine rings is 1. The fourth-order valence-corrected chi connectivity index (χ4v) is 3.55. The van der Waals surface area contributed by atoms with Crippen molar-refractivity contribution in [2.24, 2.45) is 5.92 Å². The summed E-state index contributed by atoms with van der Waals surface area (Å²) in [6.45, 7) is 7.69. The van der Waals surface area contributed by atoms with Gasteiger partial charge in [-0.25, -0.2) is 0 Å². The van der Waals surface area contributed by atoms with Crippen molar-refractivity contribution in [3.63, 3.8) is 0 Å². The summed E-state index contributed by atoms with van der Waals surface area (Å²) in [4.78, 5) is 26.8. The molecule has 0 spiro atoms. The number of hydrogen-bond acceptors (Lipinski definition) is 2. The molecule has 2 fully saturated rings. The van der Waals surface area contributed by atoms with Gasteiger partial charge in [0.15, 0.2) is 0 Å². The smallest absolute Gasteiger partial charge is 0.248 e. The molecule has 0 aromatic heterocycles. The first kappa shape index (κ1) is 14.4. The van der Waals surface area contributed by atoms with Gasteiger partial charge in [-0.05, 0) is 46.0 Å². The van der Waals surface area contributed by atoms with E-state index in [0.29, 0.717) is 12.3 Å². The van der Waals surface area contributed by atoms with Crippen LogP contribution in [0.25, 0.3) is 0 Å². The second-order valence-electron chi connectivity index (χ2n) is 6.54. The standard InChI is InChI=1S/C15H26N2O2/c1-5-12-13(18)16-15(3,4)14(19)17(12)10(2)11-8-6-7-9-11/h10-12H,5-9H2,1-4H3,(H,16,18). The molecular formula is C15H26N2O2. The number of nitrogens with one attached hydrogen (secondary N) is 1. The van der Waals surface area contributed by atoms with Crippen LogP contribution in [0.1, 0.15) is 59.8 Å². The van der Waals surface area contributed by atoms with E-state index in [2.05, 4.69) is 12.2 Å². The van der Waals surface area contributed by atoms with Crippen LogP contribution in [-0.4, -0.2) is 34.3 Å². The molecule has 0 aromatic carbocycles. The molecule has 2 unspecified atom stereocenters. The predicted octanol–water partition coefficient (Wildman–Crippen LogP) is 2.08. The van der Waals surface area contributed by atoms with Crippen LogP contribution in [0.2, 0.25) is 0 Å². The van der Waals surface area contributed by atoms with Crippen molar-refractivity contribution in [1.29, 1.82) is 0 Å². The summed E-state index contributed by atoms with van der Waals surface area (Å²) in [5, 5.41) is 2.85. The third kappa shape index (κ3) is 2.49. The van der Waals surface area contributed by atoms with E-state index < -0.39 is 5.54 Å². The number of amides is 2. The maximum Gasteiger partial charge on any atom is 0.248 e. The summed E-state index contributed by atoms with van der Waals surface area (Å²) in [5.41, 5.74) is -0.768. The third-order valence-corrected chi connectivity index (χ3v) is 4.75. The minimum atomic E-state index is -0.768. The van der Waals surface area contributed by atoms with E-state index in [9.17, 15) is 9.59 Å². The van der Waals surface area contributed by atoms with Gasteiger partial charge < -0.3 is 10.2 Å². The van der Waals surface area contributed by atoms with Gasteiger partial charge >= 0.3 is 0 Å². The van der Waals surface area contributed by atoms with E-state index in [1.807, 2.05) is 11.8 Å². The van der Waals surface area contributed by atoms with Gasteiger partial charge in [-0.3, -0.25) is 9.59 Å². The minimum Gasteiger partial charge on any atom is -0.340 e. The zero-order valence-corrected chi connectivity index (χ0v) is 12.5. The third-order valence-electron chi connectivity index (χ3n) is 4.75. The Morgan fingerprint density at radius 3 is 2.42 bits per heavy atom. The van der Waals surface area contributed by atoms with Crippen LogP contribution < -0.4 is 5.32 Å². The molecule has 1 aliphatic carbocycles. The van der Waals surface area contributed by atoms with Crippen LogP contribution in [-0.2, 0) is 9.59 Å². The van der Waals surface area contributed by atoms with E-state index in [1.54, 1.807) is 13.8 Å². The van der Waals surface area contributed by atoms with Crippen molar-refractivity contribution in [2.45, 2.75) is 77.4 Å². The van der Waals surface area contributed by atoms with Crippen molar-refractivity contribution in [2.75, 3.05) is 0 Å². The van der Waals surface area contributed by atoms with Gasteiger partial charge in [0.2, 0.25) is 11.8 Å². The van der Waals surface area contributed by atoms with E-state index in [-0.39, 0.29) is 23.9 Å². The normalized spacial score (nSPS) is 29.5. The monoisotopic (exact) mass is 266 g/mol. The quantitative estimate of drug-likeness (QED) is 0.850. The van der Waals surface area contributed by atoms with E-state index in [0.717, 1.165) is 0 Å². The molecule has 1 aliphatic heterocycles. The highest BCUT2D eigenvalue weighted by Gasteiger charge is 2.47. The summed E-state index contributed by atoms with van der Waals surface area (Å²) < 4.78 is 0.